The van der Waals surface area contributed by atoms with E-state index in [-0.39, 0.29) is 11.1 Å². The zero-order valence-electron chi connectivity index (χ0n) is 12.7. The highest BCUT2D eigenvalue weighted by molar-refractivity contribution is 5.73. The van der Waals surface area contributed by atoms with Crippen molar-refractivity contribution in [2.45, 2.75) is 33.1 Å². The molecule has 0 bridgehead atoms. The van der Waals surface area contributed by atoms with Gasteiger partial charge in [-0.05, 0) is 61.2 Å². The first-order chi connectivity index (χ1) is 10.4. The molecular weight excluding hydrogens is 318 g/mol. The van der Waals surface area contributed by atoms with Gasteiger partial charge in [0, 0.05) is 0 Å². The van der Waals surface area contributed by atoms with E-state index in [9.17, 15) is 26.3 Å². The Morgan fingerprint density at radius 2 is 1.30 bits per heavy atom. The number of benzene rings is 2. The van der Waals surface area contributed by atoms with Crippen molar-refractivity contribution in [3.63, 3.8) is 0 Å². The van der Waals surface area contributed by atoms with Crippen LogP contribution in [-0.4, -0.2) is 0 Å². The van der Waals surface area contributed by atoms with Crippen molar-refractivity contribution in [2.75, 3.05) is 0 Å². The smallest absolute Gasteiger partial charge is 0.166 e. The molecule has 0 saturated carbocycles. The number of hydrogen-bond donors (Lipinski definition) is 0. The summed E-state index contributed by atoms with van der Waals surface area (Å²) in [6, 6.07) is 5.35. The molecule has 0 radical (unpaired) electrons. The SMILES string of the molecule is Cc1ccc(-c2cc(C(F)(F)F)cc(C)c2C)c(C(F)(F)F)c1. The highest BCUT2D eigenvalue weighted by Crippen LogP contribution is 2.41. The predicted molar refractivity (Wildman–Crippen MR) is 76.1 cm³/mol. The molecule has 0 aliphatic heterocycles. The number of halogens is 6. The Morgan fingerprint density at radius 3 is 1.83 bits per heavy atom. The van der Waals surface area contributed by atoms with Crippen LogP contribution in [0, 0.1) is 20.8 Å². The van der Waals surface area contributed by atoms with Gasteiger partial charge in [-0.2, -0.15) is 26.3 Å². The standard InChI is InChI=1S/C17H14F6/c1-9-4-5-13(15(6-9)17(21,22)23)14-8-12(16(18,19)20)7-10(2)11(14)3/h4-8H,1-3H3. The van der Waals surface area contributed by atoms with E-state index in [4.69, 9.17) is 0 Å². The monoisotopic (exact) mass is 332 g/mol. The molecule has 124 valence electrons. The minimum atomic E-state index is -4.64. The molecule has 0 fully saturated rings. The van der Waals surface area contributed by atoms with Crippen LogP contribution in [0.25, 0.3) is 11.1 Å². The molecule has 0 atom stereocenters. The first-order valence-electron chi connectivity index (χ1n) is 6.78. The minimum Gasteiger partial charge on any atom is -0.166 e. The maximum atomic E-state index is 13.3. The van der Waals surface area contributed by atoms with Gasteiger partial charge < -0.3 is 0 Å². The molecule has 0 saturated heterocycles. The lowest BCUT2D eigenvalue weighted by atomic mass is 9.90. The third-order valence-corrected chi connectivity index (χ3v) is 3.77. The van der Waals surface area contributed by atoms with Crippen molar-refractivity contribution < 1.29 is 26.3 Å². The van der Waals surface area contributed by atoms with Gasteiger partial charge in [0.2, 0.25) is 0 Å². The average Bonchev–Trinajstić information content (AvgIpc) is 2.40. The fraction of sp³-hybridized carbons (Fsp3) is 0.294. The molecular formula is C17H14F6. The summed E-state index contributed by atoms with van der Waals surface area (Å²) in [6.45, 7) is 4.48. The van der Waals surface area contributed by atoms with Crippen LogP contribution in [0.1, 0.15) is 27.8 Å². The first-order valence-corrected chi connectivity index (χ1v) is 6.78. The van der Waals surface area contributed by atoms with Crippen molar-refractivity contribution in [1.82, 2.24) is 0 Å². The molecule has 0 aliphatic carbocycles. The normalized spacial score (nSPS) is 12.6. The third kappa shape index (κ3) is 3.51. The maximum absolute atomic E-state index is 13.3. The van der Waals surface area contributed by atoms with E-state index < -0.39 is 23.5 Å². The summed E-state index contributed by atoms with van der Waals surface area (Å²) >= 11 is 0. The van der Waals surface area contributed by atoms with Crippen molar-refractivity contribution in [2.24, 2.45) is 0 Å². The highest BCUT2D eigenvalue weighted by Gasteiger charge is 2.36. The predicted octanol–water partition coefficient (Wildman–Crippen LogP) is 6.32. The first kappa shape index (κ1) is 17.4. The van der Waals surface area contributed by atoms with Gasteiger partial charge in [0.05, 0.1) is 11.1 Å². The van der Waals surface area contributed by atoms with Crippen LogP contribution >= 0.6 is 0 Å². The van der Waals surface area contributed by atoms with Gasteiger partial charge in [-0.1, -0.05) is 17.7 Å². The second-order valence-corrected chi connectivity index (χ2v) is 5.51. The summed E-state index contributed by atoms with van der Waals surface area (Å²) in [6.07, 6.45) is -9.26. The van der Waals surface area contributed by atoms with Gasteiger partial charge in [0.25, 0.3) is 0 Å². The quantitative estimate of drug-likeness (QED) is 0.536. The summed E-state index contributed by atoms with van der Waals surface area (Å²) < 4.78 is 78.7. The van der Waals surface area contributed by atoms with E-state index in [0.717, 1.165) is 18.2 Å². The number of aryl methyl sites for hydroxylation is 2. The van der Waals surface area contributed by atoms with Gasteiger partial charge in [-0.3, -0.25) is 0 Å². The maximum Gasteiger partial charge on any atom is 0.417 e. The largest absolute Gasteiger partial charge is 0.417 e. The zero-order valence-corrected chi connectivity index (χ0v) is 12.7. The van der Waals surface area contributed by atoms with E-state index in [0.29, 0.717) is 16.7 Å². The lowest BCUT2D eigenvalue weighted by molar-refractivity contribution is -0.137. The topological polar surface area (TPSA) is 0 Å². The average molecular weight is 332 g/mol. The molecule has 6 heteroatoms. The van der Waals surface area contributed by atoms with Crippen LogP contribution in [0.3, 0.4) is 0 Å². The number of alkyl halides is 6. The van der Waals surface area contributed by atoms with Crippen molar-refractivity contribution in [3.05, 3.63) is 58.1 Å². The van der Waals surface area contributed by atoms with Gasteiger partial charge in [-0.25, -0.2) is 0 Å². The molecule has 2 rings (SSSR count). The van der Waals surface area contributed by atoms with Crippen molar-refractivity contribution >= 4 is 0 Å². The number of hydrogen-bond acceptors (Lipinski definition) is 0. The highest BCUT2D eigenvalue weighted by atomic mass is 19.4. The Kier molecular flexibility index (Phi) is 4.22. The van der Waals surface area contributed by atoms with Crippen LogP contribution < -0.4 is 0 Å². The second-order valence-electron chi connectivity index (χ2n) is 5.51. The minimum absolute atomic E-state index is 0.0513. The summed E-state index contributed by atoms with van der Waals surface area (Å²) in [5, 5.41) is 0. The van der Waals surface area contributed by atoms with Gasteiger partial charge in [0.1, 0.15) is 0 Å². The summed E-state index contributed by atoms with van der Waals surface area (Å²) in [7, 11) is 0. The molecule has 2 aromatic carbocycles. The van der Waals surface area contributed by atoms with Crippen LogP contribution in [0.4, 0.5) is 26.3 Å². The molecule has 0 aliphatic rings. The zero-order chi connectivity index (χ0) is 17.6. The fourth-order valence-electron chi connectivity index (χ4n) is 2.43. The van der Waals surface area contributed by atoms with E-state index >= 15 is 0 Å². The van der Waals surface area contributed by atoms with Crippen LogP contribution in [0.2, 0.25) is 0 Å². The third-order valence-electron chi connectivity index (χ3n) is 3.77. The van der Waals surface area contributed by atoms with Gasteiger partial charge in [0.15, 0.2) is 0 Å². The molecule has 0 unspecified atom stereocenters. The van der Waals surface area contributed by atoms with Crippen LogP contribution in [-0.2, 0) is 12.4 Å². The fourth-order valence-corrected chi connectivity index (χ4v) is 2.43. The summed E-state index contributed by atoms with van der Waals surface area (Å²) in [5.41, 5.74) is -1.10. The lowest BCUT2D eigenvalue weighted by Crippen LogP contribution is -2.10. The van der Waals surface area contributed by atoms with E-state index in [2.05, 4.69) is 0 Å². The Labute approximate surface area is 129 Å². The molecule has 0 aromatic heterocycles. The molecule has 0 amide bonds. The molecule has 0 spiro atoms. The molecule has 2 aromatic rings. The Balaban J connectivity index is 2.80. The molecule has 0 nitrogen and oxygen atoms in total. The summed E-state index contributed by atoms with van der Waals surface area (Å²) in [5.74, 6) is 0. The van der Waals surface area contributed by atoms with Crippen molar-refractivity contribution in [1.29, 1.82) is 0 Å². The molecule has 0 N–H and O–H groups in total. The van der Waals surface area contributed by atoms with E-state index in [1.165, 1.54) is 32.9 Å². The molecule has 23 heavy (non-hydrogen) atoms. The van der Waals surface area contributed by atoms with Gasteiger partial charge in [-0.15, -0.1) is 0 Å². The van der Waals surface area contributed by atoms with E-state index in [1.54, 1.807) is 0 Å². The van der Waals surface area contributed by atoms with Crippen LogP contribution in [0.5, 0.6) is 0 Å². The van der Waals surface area contributed by atoms with Crippen LogP contribution in [0.15, 0.2) is 30.3 Å². The lowest BCUT2D eigenvalue weighted by Gasteiger charge is -2.18. The Hall–Kier alpha value is -1.98. The molecule has 0 heterocycles. The summed E-state index contributed by atoms with van der Waals surface area (Å²) in [4.78, 5) is 0. The van der Waals surface area contributed by atoms with E-state index in [1.807, 2.05) is 0 Å². The van der Waals surface area contributed by atoms with Crippen molar-refractivity contribution in [3.8, 4) is 11.1 Å². The second kappa shape index (κ2) is 5.58. The Bertz CT molecular complexity index is 738. The Morgan fingerprint density at radius 1 is 0.696 bits per heavy atom. The number of rotatable bonds is 1. The van der Waals surface area contributed by atoms with Gasteiger partial charge >= 0.3 is 12.4 Å².